The Labute approximate surface area is 199 Å². The summed E-state index contributed by atoms with van der Waals surface area (Å²) < 4.78 is 0.808. The van der Waals surface area contributed by atoms with Crippen molar-refractivity contribution in [2.45, 2.75) is 19.4 Å². The number of hydrogen-bond donors (Lipinski definition) is 1. The fourth-order valence-corrected chi connectivity index (χ4v) is 5.29. The van der Waals surface area contributed by atoms with Gasteiger partial charge in [-0.2, -0.15) is 0 Å². The van der Waals surface area contributed by atoms with Crippen molar-refractivity contribution in [3.63, 3.8) is 0 Å². The summed E-state index contributed by atoms with van der Waals surface area (Å²) in [6.45, 7) is 2.06. The summed E-state index contributed by atoms with van der Waals surface area (Å²) in [5.41, 5.74) is 3.06. The van der Waals surface area contributed by atoms with Gasteiger partial charge < -0.3 is 5.11 Å². The van der Waals surface area contributed by atoms with Crippen LogP contribution in [0.25, 0.3) is 16.0 Å². The molecule has 4 aromatic rings. The van der Waals surface area contributed by atoms with Gasteiger partial charge in [0.2, 0.25) is 0 Å². The van der Waals surface area contributed by atoms with Gasteiger partial charge in [-0.1, -0.05) is 84.5 Å². The summed E-state index contributed by atoms with van der Waals surface area (Å²) >= 11 is 7.41. The van der Waals surface area contributed by atoms with Crippen LogP contribution < -0.4 is 4.90 Å². The van der Waals surface area contributed by atoms with Gasteiger partial charge >= 0.3 is 5.91 Å². The van der Waals surface area contributed by atoms with E-state index in [0.717, 1.165) is 22.2 Å². The van der Waals surface area contributed by atoms with Gasteiger partial charge in [0.1, 0.15) is 5.76 Å². The summed E-state index contributed by atoms with van der Waals surface area (Å²) in [5, 5.41) is 12.1. The number of ketones is 1. The van der Waals surface area contributed by atoms with Crippen LogP contribution in [0.4, 0.5) is 5.13 Å². The molecule has 33 heavy (non-hydrogen) atoms. The molecule has 0 saturated carbocycles. The molecule has 1 aliphatic heterocycles. The second-order valence-electron chi connectivity index (χ2n) is 7.74. The number of amides is 1. The van der Waals surface area contributed by atoms with Gasteiger partial charge in [-0.25, -0.2) is 4.98 Å². The number of carbonyl (C=O) groups excluding carboxylic acids is 2. The molecule has 1 N–H and O–H groups in total. The zero-order valence-electron chi connectivity index (χ0n) is 17.7. The van der Waals surface area contributed by atoms with Crippen molar-refractivity contribution in [2.24, 2.45) is 0 Å². The number of anilines is 1. The molecule has 1 aromatic heterocycles. The highest BCUT2D eigenvalue weighted by Gasteiger charge is 2.48. The van der Waals surface area contributed by atoms with Gasteiger partial charge in [0.15, 0.2) is 5.13 Å². The highest BCUT2D eigenvalue weighted by molar-refractivity contribution is 7.22. The van der Waals surface area contributed by atoms with Gasteiger partial charge in [0.05, 0.1) is 21.8 Å². The molecule has 0 radical (unpaired) electrons. The molecule has 0 bridgehead atoms. The maximum atomic E-state index is 13.3. The maximum absolute atomic E-state index is 13.3. The minimum Gasteiger partial charge on any atom is -0.507 e. The van der Waals surface area contributed by atoms with Crippen molar-refractivity contribution in [1.29, 1.82) is 0 Å². The van der Waals surface area contributed by atoms with Crippen molar-refractivity contribution in [2.75, 3.05) is 4.90 Å². The van der Waals surface area contributed by atoms with E-state index in [1.54, 1.807) is 42.5 Å². The zero-order valence-corrected chi connectivity index (χ0v) is 19.2. The van der Waals surface area contributed by atoms with Crippen LogP contribution in [0.15, 0.2) is 78.4 Å². The molecule has 0 aliphatic carbocycles. The lowest BCUT2D eigenvalue weighted by atomic mass is 9.94. The van der Waals surface area contributed by atoms with Gasteiger partial charge in [-0.15, -0.1) is 0 Å². The Morgan fingerprint density at radius 2 is 1.79 bits per heavy atom. The summed E-state index contributed by atoms with van der Waals surface area (Å²) in [6, 6.07) is 21.0. The van der Waals surface area contributed by atoms with E-state index in [2.05, 4.69) is 11.9 Å². The number of rotatable bonds is 4. The van der Waals surface area contributed by atoms with Crippen LogP contribution in [0.1, 0.15) is 29.7 Å². The lowest BCUT2D eigenvalue weighted by Gasteiger charge is -2.23. The largest absolute Gasteiger partial charge is 0.507 e. The van der Waals surface area contributed by atoms with E-state index in [4.69, 9.17) is 11.6 Å². The van der Waals surface area contributed by atoms with Crippen molar-refractivity contribution < 1.29 is 14.7 Å². The van der Waals surface area contributed by atoms with Gasteiger partial charge in [-0.05, 0) is 35.7 Å². The standard InChI is InChI=1S/C26H19ClN2O3S/c1-2-15-8-10-16(11-9-15)22-21(23(30)17-6-4-3-5-7-17)24(31)25(32)29(22)26-28-19-13-12-18(27)14-20(19)33-26/h3-14,22,30H,2H2,1H3/b23-21+. The number of aliphatic hydroxyl groups is 1. The predicted octanol–water partition coefficient (Wildman–Crippen LogP) is 6.14. The molecule has 2 heterocycles. The van der Waals surface area contributed by atoms with Crippen LogP contribution in [0, 0.1) is 0 Å². The van der Waals surface area contributed by atoms with Crippen LogP contribution in [-0.2, 0) is 16.0 Å². The molecule has 1 aliphatic rings. The lowest BCUT2D eigenvalue weighted by molar-refractivity contribution is -0.132. The second-order valence-corrected chi connectivity index (χ2v) is 9.18. The average Bonchev–Trinajstić information content (AvgIpc) is 3.37. The summed E-state index contributed by atoms with van der Waals surface area (Å²) in [5.74, 6) is -1.66. The van der Waals surface area contributed by atoms with Crippen molar-refractivity contribution >= 4 is 55.7 Å². The first kappa shape index (κ1) is 21.4. The molecular weight excluding hydrogens is 456 g/mol. The van der Waals surface area contributed by atoms with E-state index >= 15 is 0 Å². The number of nitrogens with zero attached hydrogens (tertiary/aromatic N) is 2. The third-order valence-corrected chi connectivity index (χ3v) is 6.99. The van der Waals surface area contributed by atoms with Crippen molar-refractivity contribution in [3.8, 4) is 0 Å². The summed E-state index contributed by atoms with van der Waals surface area (Å²) in [4.78, 5) is 32.5. The number of benzene rings is 3. The van der Waals surface area contributed by atoms with E-state index in [1.165, 1.54) is 16.2 Å². The fraction of sp³-hybridized carbons (Fsp3) is 0.115. The van der Waals surface area contributed by atoms with Crippen LogP contribution in [-0.4, -0.2) is 21.8 Å². The Bertz CT molecular complexity index is 1410. The molecule has 0 spiro atoms. The molecule has 7 heteroatoms. The first-order valence-corrected chi connectivity index (χ1v) is 11.7. The van der Waals surface area contributed by atoms with Gasteiger partial charge in [0, 0.05) is 10.6 Å². The quantitative estimate of drug-likeness (QED) is 0.219. The molecule has 1 amide bonds. The minimum atomic E-state index is -0.799. The first-order chi connectivity index (χ1) is 16.0. The van der Waals surface area contributed by atoms with Crippen molar-refractivity contribution in [3.05, 3.63) is 100 Å². The highest BCUT2D eigenvalue weighted by atomic mass is 35.5. The fourth-order valence-electron chi connectivity index (χ4n) is 4.02. The van der Waals surface area contributed by atoms with Gasteiger partial charge in [0.25, 0.3) is 5.78 Å². The van der Waals surface area contributed by atoms with Crippen LogP contribution >= 0.6 is 22.9 Å². The molecule has 1 unspecified atom stereocenters. The Hall–Kier alpha value is -3.48. The molecule has 164 valence electrons. The Morgan fingerprint density at radius 1 is 1.06 bits per heavy atom. The topological polar surface area (TPSA) is 70.5 Å². The number of Topliss-reactive ketones (excluding diaryl/α,β-unsaturated/α-hetero) is 1. The minimum absolute atomic E-state index is 0.0488. The molecule has 3 aromatic carbocycles. The van der Waals surface area contributed by atoms with E-state index in [0.29, 0.717) is 21.2 Å². The predicted molar refractivity (Wildman–Crippen MR) is 132 cm³/mol. The molecule has 5 nitrogen and oxygen atoms in total. The Kier molecular flexibility index (Phi) is 5.48. The maximum Gasteiger partial charge on any atom is 0.301 e. The first-order valence-electron chi connectivity index (χ1n) is 10.5. The number of fused-ring (bicyclic) bond motifs is 1. The number of hydrogen-bond acceptors (Lipinski definition) is 5. The van der Waals surface area contributed by atoms with Crippen LogP contribution in [0.2, 0.25) is 5.02 Å². The number of aryl methyl sites for hydroxylation is 1. The number of carbonyl (C=O) groups is 2. The van der Waals surface area contributed by atoms with Crippen molar-refractivity contribution in [1.82, 2.24) is 4.98 Å². The van der Waals surface area contributed by atoms with Crippen LogP contribution in [0.5, 0.6) is 0 Å². The summed E-state index contributed by atoms with van der Waals surface area (Å²) in [7, 11) is 0. The number of aliphatic hydroxyl groups excluding tert-OH is 1. The van der Waals surface area contributed by atoms with Gasteiger partial charge in [-0.3, -0.25) is 14.5 Å². The molecule has 1 fully saturated rings. The highest BCUT2D eigenvalue weighted by Crippen LogP contribution is 2.44. The Balaban J connectivity index is 1.72. The lowest BCUT2D eigenvalue weighted by Crippen LogP contribution is -2.29. The van der Waals surface area contributed by atoms with E-state index in [1.807, 2.05) is 30.3 Å². The zero-order chi connectivity index (χ0) is 23.1. The SMILES string of the molecule is CCc1ccc(C2/C(=C(\O)c3ccccc3)C(=O)C(=O)N2c2nc3ccc(Cl)cc3s2)cc1. The number of thiazole rings is 1. The monoisotopic (exact) mass is 474 g/mol. The Morgan fingerprint density at radius 3 is 2.48 bits per heavy atom. The second kappa shape index (κ2) is 8.46. The van der Waals surface area contributed by atoms with E-state index < -0.39 is 17.7 Å². The number of aromatic nitrogens is 1. The third kappa shape index (κ3) is 3.71. The van der Waals surface area contributed by atoms with E-state index in [9.17, 15) is 14.7 Å². The summed E-state index contributed by atoms with van der Waals surface area (Å²) in [6.07, 6.45) is 0.864. The molecule has 1 saturated heterocycles. The average molecular weight is 475 g/mol. The molecule has 5 rings (SSSR count). The van der Waals surface area contributed by atoms with E-state index in [-0.39, 0.29) is 11.3 Å². The molecule has 1 atom stereocenters. The van der Waals surface area contributed by atoms with Crippen LogP contribution in [0.3, 0.4) is 0 Å². The smallest absolute Gasteiger partial charge is 0.301 e. The third-order valence-electron chi connectivity index (χ3n) is 5.74. The molecular formula is C26H19ClN2O3S. The number of halogens is 1. The normalized spacial score (nSPS) is 17.8.